The van der Waals surface area contributed by atoms with Gasteiger partial charge in [-0.15, -0.1) is 0 Å². The van der Waals surface area contributed by atoms with E-state index in [1.54, 1.807) is 6.07 Å². The van der Waals surface area contributed by atoms with Crippen molar-refractivity contribution >= 4 is 52.2 Å². The van der Waals surface area contributed by atoms with Crippen LogP contribution in [0, 0.1) is 5.82 Å². The molecule has 136 valence electrons. The van der Waals surface area contributed by atoms with Gasteiger partial charge in [0.25, 0.3) is 0 Å². The molecule has 0 aliphatic carbocycles. The lowest BCUT2D eigenvalue weighted by atomic mass is 10.1. The predicted octanol–water partition coefficient (Wildman–Crippen LogP) is 3.86. The van der Waals surface area contributed by atoms with Crippen LogP contribution in [-0.4, -0.2) is 31.3 Å². The second-order valence-corrected chi connectivity index (χ2v) is 5.78. The van der Waals surface area contributed by atoms with Gasteiger partial charge in [0.1, 0.15) is 0 Å². The Balaban J connectivity index is 2.26. The number of benzene rings is 2. The molecule has 9 heteroatoms. The normalized spacial score (nSPS) is 10.0. The molecule has 6 nitrogen and oxygen atoms in total. The third-order valence-electron chi connectivity index (χ3n) is 3.23. The quantitative estimate of drug-likeness (QED) is 0.600. The van der Waals surface area contributed by atoms with E-state index in [4.69, 9.17) is 23.8 Å². The Morgan fingerprint density at radius 1 is 1.04 bits per heavy atom. The van der Waals surface area contributed by atoms with Crippen molar-refractivity contribution in [2.45, 2.75) is 0 Å². The van der Waals surface area contributed by atoms with Crippen molar-refractivity contribution in [1.29, 1.82) is 0 Å². The van der Waals surface area contributed by atoms with Gasteiger partial charge in [0, 0.05) is 5.69 Å². The number of nitrogens with one attached hydrogen (secondary N) is 2. The fourth-order valence-electron chi connectivity index (χ4n) is 2.06. The van der Waals surface area contributed by atoms with Crippen LogP contribution in [-0.2, 0) is 9.47 Å². The number of rotatable bonds is 4. The van der Waals surface area contributed by atoms with Gasteiger partial charge in [0.2, 0.25) is 0 Å². The second-order valence-electron chi connectivity index (χ2n) is 4.96. The van der Waals surface area contributed by atoms with Crippen LogP contribution in [0.15, 0.2) is 36.4 Å². The molecule has 0 saturated heterocycles. The zero-order valence-electron chi connectivity index (χ0n) is 13.8. The maximum atomic E-state index is 13.9. The summed E-state index contributed by atoms with van der Waals surface area (Å²) >= 11 is 10.9. The van der Waals surface area contributed by atoms with Crippen molar-refractivity contribution in [2.24, 2.45) is 0 Å². The number of hydrogen-bond donors (Lipinski definition) is 2. The largest absolute Gasteiger partial charge is 0.465 e. The zero-order chi connectivity index (χ0) is 19.3. The molecule has 0 aromatic heterocycles. The molecule has 2 rings (SSSR count). The fourth-order valence-corrected chi connectivity index (χ4v) is 2.46. The first-order valence-corrected chi connectivity index (χ1v) is 7.98. The van der Waals surface area contributed by atoms with E-state index in [1.807, 2.05) is 0 Å². The Hall–Kier alpha value is -2.71. The Morgan fingerprint density at radius 3 is 2.15 bits per heavy atom. The van der Waals surface area contributed by atoms with E-state index in [9.17, 15) is 14.0 Å². The number of carbonyl (C=O) groups is 2. The van der Waals surface area contributed by atoms with E-state index in [1.165, 1.54) is 44.6 Å². The molecule has 0 amide bonds. The maximum Gasteiger partial charge on any atom is 0.337 e. The van der Waals surface area contributed by atoms with Gasteiger partial charge in [0.05, 0.1) is 36.1 Å². The molecule has 0 aliphatic rings. The lowest BCUT2D eigenvalue weighted by Crippen LogP contribution is -2.20. The summed E-state index contributed by atoms with van der Waals surface area (Å²) in [6, 6.07) is 8.61. The average molecular weight is 397 g/mol. The van der Waals surface area contributed by atoms with Crippen LogP contribution in [0.1, 0.15) is 20.7 Å². The minimum atomic E-state index is -0.656. The molecule has 2 aromatic rings. The topological polar surface area (TPSA) is 76.7 Å². The van der Waals surface area contributed by atoms with Crippen molar-refractivity contribution in [3.05, 3.63) is 58.4 Å². The first kappa shape index (κ1) is 19.6. The highest BCUT2D eigenvalue weighted by atomic mass is 35.5. The number of carbonyl (C=O) groups excluding carboxylic acids is 2. The van der Waals surface area contributed by atoms with E-state index in [-0.39, 0.29) is 26.9 Å². The highest BCUT2D eigenvalue weighted by Crippen LogP contribution is 2.23. The highest BCUT2D eigenvalue weighted by molar-refractivity contribution is 7.80. The molecule has 2 N–H and O–H groups in total. The van der Waals surface area contributed by atoms with Crippen molar-refractivity contribution in [3.8, 4) is 0 Å². The monoisotopic (exact) mass is 396 g/mol. The van der Waals surface area contributed by atoms with Gasteiger partial charge in [-0.2, -0.15) is 0 Å². The van der Waals surface area contributed by atoms with Crippen LogP contribution in [0.2, 0.25) is 5.02 Å². The zero-order valence-corrected chi connectivity index (χ0v) is 15.3. The molecule has 26 heavy (non-hydrogen) atoms. The molecule has 0 radical (unpaired) electrons. The molecule has 0 saturated carbocycles. The SMILES string of the molecule is COC(=O)c1cc(NC(=S)Nc2cccc(Cl)c2F)cc(C(=O)OC)c1. The van der Waals surface area contributed by atoms with E-state index in [0.717, 1.165) is 0 Å². The predicted molar refractivity (Wildman–Crippen MR) is 100 cm³/mol. The molecular weight excluding hydrogens is 383 g/mol. The lowest BCUT2D eigenvalue weighted by Gasteiger charge is -2.13. The Kier molecular flexibility index (Phi) is 6.48. The molecular formula is C17H14ClFN2O4S. The number of esters is 2. The van der Waals surface area contributed by atoms with Crippen molar-refractivity contribution < 1.29 is 23.5 Å². The third kappa shape index (κ3) is 4.68. The van der Waals surface area contributed by atoms with Crippen LogP contribution < -0.4 is 10.6 Å². The summed E-state index contributed by atoms with van der Waals surface area (Å²) in [5, 5.41) is 5.40. The van der Waals surface area contributed by atoms with E-state index < -0.39 is 17.8 Å². The molecule has 0 aliphatic heterocycles. The Labute approximate surface area is 159 Å². The summed E-state index contributed by atoms with van der Waals surface area (Å²) in [4.78, 5) is 23.5. The summed E-state index contributed by atoms with van der Waals surface area (Å²) in [6.45, 7) is 0. The van der Waals surface area contributed by atoms with Gasteiger partial charge in [-0.3, -0.25) is 0 Å². The average Bonchev–Trinajstić information content (AvgIpc) is 2.63. The van der Waals surface area contributed by atoms with Gasteiger partial charge in [-0.1, -0.05) is 17.7 Å². The van der Waals surface area contributed by atoms with Crippen LogP contribution in [0.5, 0.6) is 0 Å². The molecule has 0 bridgehead atoms. The molecule has 2 aromatic carbocycles. The summed E-state index contributed by atoms with van der Waals surface area (Å²) in [5.41, 5.74) is 0.629. The van der Waals surface area contributed by atoms with Crippen molar-refractivity contribution in [1.82, 2.24) is 0 Å². The maximum absolute atomic E-state index is 13.9. The molecule has 0 atom stereocenters. The van der Waals surface area contributed by atoms with Gasteiger partial charge in [0.15, 0.2) is 10.9 Å². The van der Waals surface area contributed by atoms with Crippen LogP contribution in [0.25, 0.3) is 0 Å². The number of thiocarbonyl (C=S) groups is 1. The molecule has 0 unspecified atom stereocenters. The van der Waals surface area contributed by atoms with Crippen molar-refractivity contribution in [2.75, 3.05) is 24.9 Å². The molecule has 0 spiro atoms. The minimum absolute atomic E-state index is 0.0315. The second kappa shape index (κ2) is 8.59. The van der Waals surface area contributed by atoms with Crippen LogP contribution in [0.4, 0.5) is 15.8 Å². The standard InChI is InChI=1S/C17H14ClFN2O4S/c1-24-15(22)9-6-10(16(23)25-2)8-11(7-9)20-17(26)21-13-5-3-4-12(18)14(13)19/h3-8H,1-2H3,(H2,20,21,26). The third-order valence-corrected chi connectivity index (χ3v) is 3.73. The summed E-state index contributed by atoms with van der Waals surface area (Å²) in [6.07, 6.45) is 0. The number of methoxy groups -OCH3 is 2. The van der Waals surface area contributed by atoms with Gasteiger partial charge in [-0.05, 0) is 42.5 Å². The number of ether oxygens (including phenoxy) is 2. The first-order valence-electron chi connectivity index (χ1n) is 7.19. The Morgan fingerprint density at radius 2 is 1.62 bits per heavy atom. The molecule has 0 heterocycles. The first-order chi connectivity index (χ1) is 12.3. The van der Waals surface area contributed by atoms with Gasteiger partial charge >= 0.3 is 11.9 Å². The molecule has 0 fully saturated rings. The van der Waals surface area contributed by atoms with E-state index in [2.05, 4.69) is 20.1 Å². The fraction of sp³-hybridized carbons (Fsp3) is 0.118. The number of halogens is 2. The van der Waals surface area contributed by atoms with Crippen molar-refractivity contribution in [3.63, 3.8) is 0 Å². The Bertz CT molecular complexity index is 842. The minimum Gasteiger partial charge on any atom is -0.465 e. The summed E-state index contributed by atoms with van der Waals surface area (Å²) in [5.74, 6) is -1.94. The van der Waals surface area contributed by atoms with E-state index in [0.29, 0.717) is 5.69 Å². The summed E-state index contributed by atoms with van der Waals surface area (Å²) < 4.78 is 23.2. The lowest BCUT2D eigenvalue weighted by molar-refractivity contribution is 0.0599. The van der Waals surface area contributed by atoms with Crippen LogP contribution >= 0.6 is 23.8 Å². The van der Waals surface area contributed by atoms with Crippen LogP contribution in [0.3, 0.4) is 0 Å². The smallest absolute Gasteiger partial charge is 0.337 e. The summed E-state index contributed by atoms with van der Waals surface area (Å²) in [7, 11) is 2.43. The van der Waals surface area contributed by atoms with Gasteiger partial charge < -0.3 is 20.1 Å². The number of anilines is 2. The van der Waals surface area contributed by atoms with E-state index >= 15 is 0 Å². The highest BCUT2D eigenvalue weighted by Gasteiger charge is 2.15. The van der Waals surface area contributed by atoms with Gasteiger partial charge in [-0.25, -0.2) is 14.0 Å². The number of hydrogen-bond acceptors (Lipinski definition) is 5.